The van der Waals surface area contributed by atoms with Crippen LogP contribution in [0.15, 0.2) is 6.07 Å². The summed E-state index contributed by atoms with van der Waals surface area (Å²) in [5.41, 5.74) is 2.31. The van der Waals surface area contributed by atoms with Gasteiger partial charge >= 0.3 is 0 Å². The number of rotatable bonds is 0. The first-order chi connectivity index (χ1) is 5.68. The van der Waals surface area contributed by atoms with Crippen LogP contribution in [0.5, 0.6) is 5.75 Å². The number of Topliss-reactive ketones (excluding diaryl/α,β-unsaturated/α-hetero) is 1. The molecule has 0 amide bonds. The van der Waals surface area contributed by atoms with Crippen LogP contribution < -0.4 is 4.74 Å². The summed E-state index contributed by atoms with van der Waals surface area (Å²) in [5, 5.41) is 0. The SMILES string of the molecule is Cc1cc2c(c(C)n1)C(=O)CO2. The van der Waals surface area contributed by atoms with Gasteiger partial charge in [0.15, 0.2) is 6.61 Å². The molecule has 1 aliphatic heterocycles. The molecule has 0 saturated heterocycles. The first-order valence-corrected chi connectivity index (χ1v) is 3.83. The van der Waals surface area contributed by atoms with Gasteiger partial charge in [-0.15, -0.1) is 0 Å². The number of hydrogen-bond donors (Lipinski definition) is 0. The lowest BCUT2D eigenvalue weighted by atomic mass is 10.1. The van der Waals surface area contributed by atoms with Crippen molar-refractivity contribution in [2.24, 2.45) is 0 Å². The Balaban J connectivity index is 2.68. The standard InChI is InChI=1S/C9H9NO2/c1-5-3-8-9(6(2)10-5)7(11)4-12-8/h3H,4H2,1-2H3. The molecular weight excluding hydrogens is 154 g/mol. The summed E-state index contributed by atoms with van der Waals surface area (Å²) in [6, 6.07) is 1.80. The number of ketones is 1. The van der Waals surface area contributed by atoms with Gasteiger partial charge in [0.2, 0.25) is 5.78 Å². The molecule has 62 valence electrons. The molecule has 0 aromatic carbocycles. The number of aromatic nitrogens is 1. The molecule has 3 nitrogen and oxygen atoms in total. The van der Waals surface area contributed by atoms with Crippen molar-refractivity contribution in [3.8, 4) is 5.75 Å². The Morgan fingerprint density at radius 3 is 3.00 bits per heavy atom. The largest absolute Gasteiger partial charge is 0.485 e. The molecule has 0 saturated carbocycles. The van der Waals surface area contributed by atoms with E-state index in [-0.39, 0.29) is 12.4 Å². The number of nitrogens with zero attached hydrogens (tertiary/aromatic N) is 1. The Morgan fingerprint density at radius 2 is 2.25 bits per heavy atom. The molecule has 0 spiro atoms. The number of pyridine rings is 1. The van der Waals surface area contributed by atoms with Crippen molar-refractivity contribution in [3.63, 3.8) is 0 Å². The van der Waals surface area contributed by atoms with Crippen LogP contribution in [0.3, 0.4) is 0 Å². The van der Waals surface area contributed by atoms with Gasteiger partial charge < -0.3 is 4.74 Å². The van der Waals surface area contributed by atoms with Gasteiger partial charge in [-0.05, 0) is 13.8 Å². The molecule has 0 fully saturated rings. The second kappa shape index (κ2) is 2.30. The van der Waals surface area contributed by atoms with Crippen LogP contribution in [0.1, 0.15) is 21.7 Å². The summed E-state index contributed by atoms with van der Waals surface area (Å²) in [7, 11) is 0. The van der Waals surface area contributed by atoms with Crippen LogP contribution in [-0.2, 0) is 0 Å². The quantitative estimate of drug-likeness (QED) is 0.578. The van der Waals surface area contributed by atoms with Gasteiger partial charge in [-0.3, -0.25) is 9.78 Å². The fourth-order valence-corrected chi connectivity index (χ4v) is 1.46. The van der Waals surface area contributed by atoms with Crippen LogP contribution in [0.2, 0.25) is 0 Å². The number of hydrogen-bond acceptors (Lipinski definition) is 3. The minimum Gasteiger partial charge on any atom is -0.485 e. The second-order valence-electron chi connectivity index (χ2n) is 2.93. The summed E-state index contributed by atoms with van der Waals surface area (Å²) in [6.45, 7) is 3.89. The predicted molar refractivity (Wildman–Crippen MR) is 43.5 cm³/mol. The lowest BCUT2D eigenvalue weighted by molar-refractivity contribution is 0.0960. The molecule has 0 N–H and O–H groups in total. The number of ether oxygens (including phenoxy) is 1. The van der Waals surface area contributed by atoms with E-state index in [1.54, 1.807) is 6.07 Å². The summed E-state index contributed by atoms with van der Waals surface area (Å²) < 4.78 is 5.18. The van der Waals surface area contributed by atoms with Gasteiger partial charge in [0.25, 0.3) is 0 Å². The monoisotopic (exact) mass is 163 g/mol. The zero-order valence-corrected chi connectivity index (χ0v) is 7.05. The second-order valence-corrected chi connectivity index (χ2v) is 2.93. The summed E-state index contributed by atoms with van der Waals surface area (Å²) in [6.07, 6.45) is 0. The average Bonchev–Trinajstić information content (AvgIpc) is 2.31. The lowest BCUT2D eigenvalue weighted by Gasteiger charge is -2.01. The zero-order chi connectivity index (χ0) is 8.72. The Kier molecular flexibility index (Phi) is 1.40. The maximum Gasteiger partial charge on any atom is 0.205 e. The molecule has 0 bridgehead atoms. The minimum atomic E-state index is 0.0370. The smallest absolute Gasteiger partial charge is 0.205 e. The first kappa shape index (κ1) is 7.28. The Labute approximate surface area is 70.4 Å². The molecule has 12 heavy (non-hydrogen) atoms. The number of fused-ring (bicyclic) bond motifs is 1. The lowest BCUT2D eigenvalue weighted by Crippen LogP contribution is -2.01. The van der Waals surface area contributed by atoms with Gasteiger partial charge in [-0.1, -0.05) is 0 Å². The number of carbonyl (C=O) groups is 1. The highest BCUT2D eigenvalue weighted by Crippen LogP contribution is 2.27. The van der Waals surface area contributed by atoms with Gasteiger partial charge in [-0.25, -0.2) is 0 Å². The summed E-state index contributed by atoms with van der Waals surface area (Å²) in [5.74, 6) is 0.722. The maximum absolute atomic E-state index is 11.2. The third kappa shape index (κ3) is 0.897. The van der Waals surface area contributed by atoms with E-state index >= 15 is 0 Å². The van der Waals surface area contributed by atoms with E-state index in [4.69, 9.17) is 4.74 Å². The van der Waals surface area contributed by atoms with Crippen molar-refractivity contribution >= 4 is 5.78 Å². The molecule has 0 aliphatic carbocycles. The maximum atomic E-state index is 11.2. The van der Waals surface area contributed by atoms with Crippen LogP contribution in [0, 0.1) is 13.8 Å². The van der Waals surface area contributed by atoms with E-state index in [1.807, 2.05) is 13.8 Å². The summed E-state index contributed by atoms with van der Waals surface area (Å²) in [4.78, 5) is 15.4. The first-order valence-electron chi connectivity index (χ1n) is 3.83. The van der Waals surface area contributed by atoms with Crippen LogP contribution in [-0.4, -0.2) is 17.4 Å². The highest BCUT2D eigenvalue weighted by atomic mass is 16.5. The van der Waals surface area contributed by atoms with E-state index in [9.17, 15) is 4.79 Å². The van der Waals surface area contributed by atoms with E-state index in [0.717, 1.165) is 11.4 Å². The van der Waals surface area contributed by atoms with E-state index in [1.165, 1.54) is 0 Å². The molecule has 1 aromatic heterocycles. The van der Waals surface area contributed by atoms with E-state index in [2.05, 4.69) is 4.98 Å². The minimum absolute atomic E-state index is 0.0370. The fraction of sp³-hybridized carbons (Fsp3) is 0.333. The molecule has 0 radical (unpaired) electrons. The van der Waals surface area contributed by atoms with E-state index < -0.39 is 0 Å². The van der Waals surface area contributed by atoms with E-state index in [0.29, 0.717) is 11.3 Å². The fourth-order valence-electron chi connectivity index (χ4n) is 1.46. The third-order valence-electron chi connectivity index (χ3n) is 1.93. The van der Waals surface area contributed by atoms with Crippen LogP contribution in [0.4, 0.5) is 0 Å². The Morgan fingerprint density at radius 1 is 1.50 bits per heavy atom. The third-order valence-corrected chi connectivity index (χ3v) is 1.93. The molecule has 2 rings (SSSR count). The van der Waals surface area contributed by atoms with Gasteiger partial charge in [-0.2, -0.15) is 0 Å². The zero-order valence-electron chi connectivity index (χ0n) is 7.05. The van der Waals surface area contributed by atoms with Crippen molar-refractivity contribution in [2.45, 2.75) is 13.8 Å². The Bertz CT molecular complexity index is 358. The van der Waals surface area contributed by atoms with Crippen LogP contribution in [0.25, 0.3) is 0 Å². The van der Waals surface area contributed by atoms with Gasteiger partial charge in [0.05, 0.1) is 11.3 Å². The molecule has 1 aliphatic rings. The topological polar surface area (TPSA) is 39.2 Å². The number of carbonyl (C=O) groups excluding carboxylic acids is 1. The molecule has 0 unspecified atom stereocenters. The highest BCUT2D eigenvalue weighted by molar-refractivity contribution is 6.03. The van der Waals surface area contributed by atoms with Crippen molar-refractivity contribution in [1.29, 1.82) is 0 Å². The molecule has 1 aromatic rings. The highest BCUT2D eigenvalue weighted by Gasteiger charge is 2.24. The molecule has 3 heteroatoms. The summed E-state index contributed by atoms with van der Waals surface area (Å²) >= 11 is 0. The average molecular weight is 163 g/mol. The number of aryl methyl sites for hydroxylation is 2. The van der Waals surface area contributed by atoms with Crippen molar-refractivity contribution in [2.75, 3.05) is 6.61 Å². The van der Waals surface area contributed by atoms with Crippen molar-refractivity contribution < 1.29 is 9.53 Å². The van der Waals surface area contributed by atoms with Crippen molar-refractivity contribution in [3.05, 3.63) is 23.0 Å². The van der Waals surface area contributed by atoms with Gasteiger partial charge in [0, 0.05) is 11.8 Å². The molecular formula is C9H9NO2. The van der Waals surface area contributed by atoms with Crippen molar-refractivity contribution in [1.82, 2.24) is 4.98 Å². The Hall–Kier alpha value is -1.38. The molecule has 0 atom stereocenters. The normalized spacial score (nSPS) is 14.3. The molecule has 2 heterocycles. The predicted octanol–water partition coefficient (Wildman–Crippen LogP) is 1.27. The van der Waals surface area contributed by atoms with Gasteiger partial charge in [0.1, 0.15) is 5.75 Å². The van der Waals surface area contributed by atoms with Crippen LogP contribution >= 0.6 is 0 Å².